The zero-order valence-corrected chi connectivity index (χ0v) is 12.7. The Balaban J connectivity index is 2.08. The molecule has 0 amide bonds. The molecule has 1 saturated carbocycles. The molecule has 112 valence electrons. The minimum atomic E-state index is -3.48. The lowest BCUT2D eigenvalue weighted by Gasteiger charge is -2.35. The third-order valence-electron chi connectivity index (χ3n) is 3.72. The summed E-state index contributed by atoms with van der Waals surface area (Å²) in [5.41, 5.74) is 7.20. The summed E-state index contributed by atoms with van der Waals surface area (Å²) in [5.74, 6) is 0. The van der Waals surface area contributed by atoms with Gasteiger partial charge in [-0.3, -0.25) is 0 Å². The van der Waals surface area contributed by atoms with Crippen LogP contribution in [0.3, 0.4) is 0 Å². The van der Waals surface area contributed by atoms with Crippen molar-refractivity contribution in [3.05, 3.63) is 29.3 Å². The van der Waals surface area contributed by atoms with Crippen LogP contribution in [0.5, 0.6) is 0 Å². The summed E-state index contributed by atoms with van der Waals surface area (Å²) in [5, 5.41) is 0. The fourth-order valence-corrected chi connectivity index (χ4v) is 4.04. The van der Waals surface area contributed by atoms with Crippen LogP contribution in [-0.4, -0.2) is 27.2 Å². The number of sulfonamides is 1. The average Bonchev–Trinajstić information content (AvgIpc) is 2.36. The Hall–Kier alpha value is -0.950. The minimum Gasteiger partial charge on any atom is -0.378 e. The molecule has 0 radical (unpaired) electrons. The van der Waals surface area contributed by atoms with Crippen LogP contribution in [0.2, 0.25) is 0 Å². The molecular weight excluding hydrogens is 276 g/mol. The van der Waals surface area contributed by atoms with Crippen molar-refractivity contribution in [2.24, 2.45) is 5.73 Å². The standard InChI is InChI=1S/C14H22N2O3S/c1-3-19-13-7-12(8-13)16-20(17,18)14-6-4-5-11(9-15)10(14)2/h4-6,12-13,16H,3,7-9,15H2,1-2H3. The first-order valence-electron chi connectivity index (χ1n) is 6.90. The Kier molecular flexibility index (Phi) is 4.80. The summed E-state index contributed by atoms with van der Waals surface area (Å²) in [6.45, 7) is 4.74. The Morgan fingerprint density at radius 2 is 2.10 bits per heavy atom. The highest BCUT2D eigenvalue weighted by Gasteiger charge is 2.33. The maximum Gasteiger partial charge on any atom is 0.241 e. The van der Waals surface area contributed by atoms with Crippen molar-refractivity contribution in [1.29, 1.82) is 0 Å². The lowest BCUT2D eigenvalue weighted by Crippen LogP contribution is -2.47. The average molecular weight is 298 g/mol. The summed E-state index contributed by atoms with van der Waals surface area (Å²) in [6.07, 6.45) is 1.66. The first-order valence-corrected chi connectivity index (χ1v) is 8.38. The van der Waals surface area contributed by atoms with E-state index in [9.17, 15) is 8.42 Å². The van der Waals surface area contributed by atoms with Crippen molar-refractivity contribution in [3.63, 3.8) is 0 Å². The molecule has 20 heavy (non-hydrogen) atoms. The number of ether oxygens (including phenoxy) is 1. The van der Waals surface area contributed by atoms with Crippen molar-refractivity contribution in [3.8, 4) is 0 Å². The largest absolute Gasteiger partial charge is 0.378 e. The Morgan fingerprint density at radius 1 is 1.40 bits per heavy atom. The predicted molar refractivity (Wildman–Crippen MR) is 77.8 cm³/mol. The molecule has 0 bridgehead atoms. The molecule has 3 N–H and O–H groups in total. The molecule has 1 fully saturated rings. The van der Waals surface area contributed by atoms with E-state index < -0.39 is 10.0 Å². The molecule has 1 aromatic carbocycles. The molecule has 0 aliphatic heterocycles. The monoisotopic (exact) mass is 298 g/mol. The van der Waals surface area contributed by atoms with Crippen molar-refractivity contribution < 1.29 is 13.2 Å². The van der Waals surface area contributed by atoms with Gasteiger partial charge in [0, 0.05) is 19.2 Å². The van der Waals surface area contributed by atoms with Gasteiger partial charge in [-0.15, -0.1) is 0 Å². The van der Waals surface area contributed by atoms with Gasteiger partial charge >= 0.3 is 0 Å². The van der Waals surface area contributed by atoms with E-state index in [-0.39, 0.29) is 12.1 Å². The predicted octanol–water partition coefficient (Wildman–Crippen LogP) is 1.30. The van der Waals surface area contributed by atoms with Crippen LogP contribution in [0.4, 0.5) is 0 Å². The van der Waals surface area contributed by atoms with Gasteiger partial charge in [0.25, 0.3) is 0 Å². The summed E-state index contributed by atoms with van der Waals surface area (Å²) in [7, 11) is -3.48. The topological polar surface area (TPSA) is 81.4 Å². The quantitative estimate of drug-likeness (QED) is 0.829. The lowest BCUT2D eigenvalue weighted by atomic mass is 9.90. The molecule has 5 nitrogen and oxygen atoms in total. The first kappa shape index (κ1) is 15.4. The van der Waals surface area contributed by atoms with Crippen LogP contribution in [0.1, 0.15) is 30.9 Å². The second-order valence-electron chi connectivity index (χ2n) is 5.11. The number of hydrogen-bond donors (Lipinski definition) is 2. The zero-order valence-electron chi connectivity index (χ0n) is 11.9. The molecule has 0 aromatic heterocycles. The number of rotatable bonds is 6. The number of nitrogens with two attached hydrogens (primary N) is 1. The van der Waals surface area contributed by atoms with Gasteiger partial charge in [-0.2, -0.15) is 0 Å². The number of hydrogen-bond acceptors (Lipinski definition) is 4. The van der Waals surface area contributed by atoms with E-state index in [1.165, 1.54) is 0 Å². The van der Waals surface area contributed by atoms with Gasteiger partial charge in [-0.05, 0) is 43.9 Å². The van der Waals surface area contributed by atoms with E-state index >= 15 is 0 Å². The van der Waals surface area contributed by atoms with E-state index in [0.29, 0.717) is 18.0 Å². The van der Waals surface area contributed by atoms with Gasteiger partial charge < -0.3 is 10.5 Å². The van der Waals surface area contributed by atoms with E-state index in [2.05, 4.69) is 4.72 Å². The third-order valence-corrected chi connectivity index (χ3v) is 5.39. The zero-order chi connectivity index (χ0) is 14.8. The van der Waals surface area contributed by atoms with Gasteiger partial charge in [0.05, 0.1) is 11.0 Å². The molecule has 6 heteroatoms. The molecule has 0 unspecified atom stereocenters. The van der Waals surface area contributed by atoms with Gasteiger partial charge in [0.1, 0.15) is 0 Å². The highest BCUT2D eigenvalue weighted by atomic mass is 32.2. The molecular formula is C14H22N2O3S. The Bertz CT molecular complexity index is 566. The highest BCUT2D eigenvalue weighted by Crippen LogP contribution is 2.26. The normalized spacial score (nSPS) is 22.6. The summed E-state index contributed by atoms with van der Waals surface area (Å²) in [6, 6.07) is 5.17. The van der Waals surface area contributed by atoms with Crippen molar-refractivity contribution in [2.75, 3.05) is 6.61 Å². The summed E-state index contributed by atoms with van der Waals surface area (Å²) < 4.78 is 33.0. The van der Waals surface area contributed by atoms with Gasteiger partial charge in [0.15, 0.2) is 0 Å². The van der Waals surface area contributed by atoms with Crippen LogP contribution < -0.4 is 10.5 Å². The second kappa shape index (κ2) is 6.22. The van der Waals surface area contributed by atoms with E-state index in [4.69, 9.17) is 10.5 Å². The maximum absolute atomic E-state index is 12.4. The summed E-state index contributed by atoms with van der Waals surface area (Å²) in [4.78, 5) is 0.320. The smallest absolute Gasteiger partial charge is 0.241 e. The maximum atomic E-state index is 12.4. The van der Waals surface area contributed by atoms with Crippen LogP contribution >= 0.6 is 0 Å². The van der Waals surface area contributed by atoms with Crippen molar-refractivity contribution in [1.82, 2.24) is 4.72 Å². The first-order chi connectivity index (χ1) is 9.47. The molecule has 1 aliphatic carbocycles. The van der Waals surface area contributed by atoms with Crippen molar-refractivity contribution in [2.45, 2.75) is 50.3 Å². The van der Waals surface area contributed by atoms with Gasteiger partial charge in [-0.1, -0.05) is 12.1 Å². The Labute approximate surface area is 120 Å². The SMILES string of the molecule is CCOC1CC(NS(=O)(=O)c2cccc(CN)c2C)C1. The minimum absolute atomic E-state index is 0.0301. The Morgan fingerprint density at radius 3 is 2.70 bits per heavy atom. The van der Waals surface area contributed by atoms with Gasteiger partial charge in [0.2, 0.25) is 10.0 Å². The fraction of sp³-hybridized carbons (Fsp3) is 0.571. The highest BCUT2D eigenvalue weighted by molar-refractivity contribution is 7.89. The molecule has 1 aliphatic rings. The molecule has 0 heterocycles. The molecule has 0 saturated heterocycles. The fourth-order valence-electron chi connectivity index (χ4n) is 2.49. The molecule has 1 aromatic rings. The van der Waals surface area contributed by atoms with Crippen LogP contribution in [0, 0.1) is 6.92 Å². The molecule has 2 rings (SSSR count). The van der Waals surface area contributed by atoms with E-state index in [1.54, 1.807) is 19.1 Å². The molecule has 0 spiro atoms. The van der Waals surface area contributed by atoms with Crippen LogP contribution in [0.15, 0.2) is 23.1 Å². The third kappa shape index (κ3) is 3.20. The van der Waals surface area contributed by atoms with Crippen molar-refractivity contribution >= 4 is 10.0 Å². The van der Waals surface area contributed by atoms with E-state index in [1.807, 2.05) is 13.0 Å². The van der Waals surface area contributed by atoms with Crippen LogP contribution in [0.25, 0.3) is 0 Å². The number of benzene rings is 1. The van der Waals surface area contributed by atoms with Gasteiger partial charge in [-0.25, -0.2) is 13.1 Å². The van der Waals surface area contributed by atoms with E-state index in [0.717, 1.165) is 24.0 Å². The molecule has 0 atom stereocenters. The number of nitrogens with one attached hydrogen (secondary N) is 1. The van der Waals surface area contributed by atoms with Crippen LogP contribution in [-0.2, 0) is 21.3 Å². The summed E-state index contributed by atoms with van der Waals surface area (Å²) >= 11 is 0. The second-order valence-corrected chi connectivity index (χ2v) is 6.79. The lowest BCUT2D eigenvalue weighted by molar-refractivity contribution is -0.00475.